The zero-order valence-electron chi connectivity index (χ0n) is 18.7. The van der Waals surface area contributed by atoms with E-state index in [1.807, 2.05) is 12.1 Å². The van der Waals surface area contributed by atoms with Crippen molar-refractivity contribution in [2.45, 2.75) is 52.2 Å². The van der Waals surface area contributed by atoms with Gasteiger partial charge in [0, 0.05) is 32.7 Å². The molecule has 0 bridgehead atoms. The normalized spacial score (nSPS) is 27.2. The quantitative estimate of drug-likeness (QED) is 0.716. The van der Waals surface area contributed by atoms with Gasteiger partial charge in [-0.25, -0.2) is 0 Å². The molecule has 2 aliphatic rings. The molecule has 29 heavy (non-hydrogen) atoms. The van der Waals surface area contributed by atoms with Crippen LogP contribution in [0.5, 0.6) is 5.75 Å². The van der Waals surface area contributed by atoms with Gasteiger partial charge in [-0.05, 0) is 42.7 Å². The molecule has 1 saturated carbocycles. The number of hydrogen-bond donors (Lipinski definition) is 1. The van der Waals surface area contributed by atoms with Crippen LogP contribution < -0.4 is 9.64 Å². The molecule has 1 aromatic rings. The van der Waals surface area contributed by atoms with Crippen LogP contribution in [0, 0.1) is 17.8 Å². The maximum atomic E-state index is 10.6. The molecule has 5 heteroatoms. The summed E-state index contributed by atoms with van der Waals surface area (Å²) in [5, 5.41) is 10.6. The molecule has 2 fully saturated rings. The maximum Gasteiger partial charge on any atom is 0.142 e. The van der Waals surface area contributed by atoms with Crippen molar-refractivity contribution in [3.63, 3.8) is 0 Å². The highest BCUT2D eigenvalue weighted by Gasteiger charge is 2.32. The van der Waals surface area contributed by atoms with Gasteiger partial charge in [-0.3, -0.25) is 4.90 Å². The van der Waals surface area contributed by atoms with E-state index in [4.69, 9.17) is 9.47 Å². The Kier molecular flexibility index (Phi) is 8.22. The predicted molar refractivity (Wildman–Crippen MR) is 119 cm³/mol. The van der Waals surface area contributed by atoms with Crippen LogP contribution in [0.15, 0.2) is 24.3 Å². The first-order valence-electron chi connectivity index (χ1n) is 11.4. The molecular weight excluding hydrogens is 364 g/mol. The molecule has 3 rings (SSSR count). The fraction of sp³-hybridized carbons (Fsp3) is 0.750. The number of β-amino-alcohol motifs (C(OH)–C–C–N with tert-alkyl or cyclic N) is 1. The lowest BCUT2D eigenvalue weighted by molar-refractivity contribution is -0.0740. The first-order valence-corrected chi connectivity index (χ1v) is 11.4. The Bertz CT molecular complexity index is 616. The molecule has 1 aliphatic carbocycles. The van der Waals surface area contributed by atoms with Crippen LogP contribution >= 0.6 is 0 Å². The number of anilines is 1. The largest absolute Gasteiger partial charge is 0.495 e. The van der Waals surface area contributed by atoms with E-state index in [-0.39, 0.29) is 0 Å². The molecule has 0 aromatic heterocycles. The summed E-state index contributed by atoms with van der Waals surface area (Å²) in [7, 11) is 1.72. The molecule has 1 heterocycles. The summed E-state index contributed by atoms with van der Waals surface area (Å²) in [4.78, 5) is 4.72. The molecule has 0 spiro atoms. The van der Waals surface area contributed by atoms with Gasteiger partial charge in [0.1, 0.15) is 5.75 Å². The van der Waals surface area contributed by atoms with Gasteiger partial charge >= 0.3 is 0 Å². The van der Waals surface area contributed by atoms with Crippen LogP contribution in [0.4, 0.5) is 5.69 Å². The minimum absolute atomic E-state index is 0.302. The van der Waals surface area contributed by atoms with Crippen LogP contribution in [0.3, 0.4) is 0 Å². The smallest absolute Gasteiger partial charge is 0.142 e. The number of para-hydroxylation sites is 2. The van der Waals surface area contributed by atoms with Crippen LogP contribution in [0.25, 0.3) is 0 Å². The molecule has 4 atom stereocenters. The lowest BCUT2D eigenvalue weighted by Gasteiger charge is -2.39. The van der Waals surface area contributed by atoms with E-state index in [0.717, 1.165) is 50.0 Å². The first-order chi connectivity index (χ1) is 14.0. The summed E-state index contributed by atoms with van der Waals surface area (Å²) in [5.74, 6) is 2.93. The van der Waals surface area contributed by atoms with Crippen LogP contribution in [0.1, 0.15) is 40.0 Å². The third-order valence-electron chi connectivity index (χ3n) is 6.73. The summed E-state index contributed by atoms with van der Waals surface area (Å²) in [6.45, 7) is 11.9. The highest BCUT2D eigenvalue weighted by Crippen LogP contribution is 2.35. The zero-order valence-corrected chi connectivity index (χ0v) is 18.7. The number of methoxy groups -OCH3 is 1. The van der Waals surface area contributed by atoms with Gasteiger partial charge in [0.2, 0.25) is 0 Å². The number of benzene rings is 1. The van der Waals surface area contributed by atoms with E-state index in [1.165, 1.54) is 12.8 Å². The van der Waals surface area contributed by atoms with E-state index in [2.05, 4.69) is 42.7 Å². The average molecular weight is 405 g/mol. The molecule has 164 valence electrons. The van der Waals surface area contributed by atoms with E-state index >= 15 is 0 Å². The number of piperazine rings is 1. The van der Waals surface area contributed by atoms with Gasteiger partial charge in [-0.15, -0.1) is 0 Å². The number of aliphatic hydroxyl groups is 1. The molecule has 5 nitrogen and oxygen atoms in total. The Labute approximate surface area is 177 Å². The summed E-state index contributed by atoms with van der Waals surface area (Å²) >= 11 is 0. The molecule has 1 aliphatic heterocycles. The van der Waals surface area contributed by atoms with Gasteiger partial charge in [0.25, 0.3) is 0 Å². The second-order valence-corrected chi connectivity index (χ2v) is 9.31. The number of aliphatic hydroxyl groups excluding tert-OH is 1. The SMILES string of the molecule is COc1ccccc1N1CCN(C[C@@H](O)CO[C@@H]2C[C@@H](C)CC[C@H]2C(C)C)CC1. The van der Waals surface area contributed by atoms with E-state index in [9.17, 15) is 5.11 Å². The molecule has 0 amide bonds. The van der Waals surface area contributed by atoms with Crippen molar-refractivity contribution >= 4 is 5.69 Å². The maximum absolute atomic E-state index is 10.6. The number of hydrogen-bond acceptors (Lipinski definition) is 5. The number of rotatable bonds is 8. The van der Waals surface area contributed by atoms with Crippen molar-refractivity contribution in [3.05, 3.63) is 24.3 Å². The third kappa shape index (κ3) is 6.09. The lowest BCUT2D eigenvalue weighted by Crippen LogP contribution is -2.49. The standard InChI is InChI=1S/C24H40N2O3/c1-18(2)21-10-9-19(3)15-24(21)29-17-20(27)16-25-11-13-26(14-12-25)22-7-5-6-8-23(22)28-4/h5-8,18-21,24,27H,9-17H2,1-4H3/t19-,20+,21-,24+/m0/s1. The Hall–Kier alpha value is -1.30. The minimum Gasteiger partial charge on any atom is -0.495 e. The van der Waals surface area contributed by atoms with Gasteiger partial charge in [0.15, 0.2) is 0 Å². The Morgan fingerprint density at radius 3 is 2.52 bits per heavy atom. The second-order valence-electron chi connectivity index (χ2n) is 9.31. The summed E-state index contributed by atoms with van der Waals surface area (Å²) in [6, 6.07) is 8.19. The fourth-order valence-corrected chi connectivity index (χ4v) is 4.95. The van der Waals surface area contributed by atoms with Crippen LogP contribution in [0.2, 0.25) is 0 Å². The van der Waals surface area contributed by atoms with Crippen molar-refractivity contribution in [1.82, 2.24) is 4.90 Å². The highest BCUT2D eigenvalue weighted by atomic mass is 16.5. The Morgan fingerprint density at radius 2 is 1.83 bits per heavy atom. The van der Waals surface area contributed by atoms with Crippen molar-refractivity contribution < 1.29 is 14.6 Å². The molecule has 1 N–H and O–H groups in total. The van der Waals surface area contributed by atoms with Gasteiger partial charge in [-0.1, -0.05) is 39.3 Å². The molecular formula is C24H40N2O3. The van der Waals surface area contributed by atoms with Gasteiger partial charge in [0.05, 0.1) is 31.6 Å². The third-order valence-corrected chi connectivity index (χ3v) is 6.73. The van der Waals surface area contributed by atoms with Crippen molar-refractivity contribution in [3.8, 4) is 5.75 Å². The summed E-state index contributed by atoms with van der Waals surface area (Å²) in [6.07, 6.45) is 3.58. The van der Waals surface area contributed by atoms with Crippen LogP contribution in [-0.2, 0) is 4.74 Å². The van der Waals surface area contributed by atoms with Crippen molar-refractivity contribution in [2.24, 2.45) is 17.8 Å². The highest BCUT2D eigenvalue weighted by molar-refractivity contribution is 5.58. The fourth-order valence-electron chi connectivity index (χ4n) is 4.95. The molecule has 0 radical (unpaired) electrons. The van der Waals surface area contributed by atoms with Crippen molar-refractivity contribution in [2.75, 3.05) is 51.3 Å². The Morgan fingerprint density at radius 1 is 1.10 bits per heavy atom. The summed E-state index contributed by atoms with van der Waals surface area (Å²) < 4.78 is 11.7. The number of ether oxygens (including phenoxy) is 2. The second kappa shape index (κ2) is 10.6. The van der Waals surface area contributed by atoms with Gasteiger partial charge in [-0.2, -0.15) is 0 Å². The summed E-state index contributed by atoms with van der Waals surface area (Å²) in [5.41, 5.74) is 1.16. The van der Waals surface area contributed by atoms with Crippen LogP contribution in [-0.4, -0.2) is 68.7 Å². The first kappa shape index (κ1) is 22.4. The average Bonchev–Trinajstić information content (AvgIpc) is 2.72. The van der Waals surface area contributed by atoms with E-state index < -0.39 is 6.10 Å². The molecule has 1 aromatic carbocycles. The topological polar surface area (TPSA) is 45.2 Å². The van der Waals surface area contributed by atoms with E-state index in [0.29, 0.717) is 31.1 Å². The van der Waals surface area contributed by atoms with Crippen molar-refractivity contribution in [1.29, 1.82) is 0 Å². The monoisotopic (exact) mass is 404 g/mol. The minimum atomic E-state index is -0.419. The molecule has 0 unspecified atom stereocenters. The van der Waals surface area contributed by atoms with Gasteiger partial charge < -0.3 is 19.5 Å². The zero-order chi connectivity index (χ0) is 20.8. The van der Waals surface area contributed by atoms with E-state index in [1.54, 1.807) is 7.11 Å². The predicted octanol–water partition coefficient (Wildman–Crippen LogP) is 3.66. The lowest BCUT2D eigenvalue weighted by atomic mass is 9.75. The number of nitrogens with zero attached hydrogens (tertiary/aromatic N) is 2. The molecule has 1 saturated heterocycles. The Balaban J connectivity index is 1.43.